The number of piperazine rings is 1. The molecule has 0 bridgehead atoms. The number of carbonyl (C=O) groups excluding carboxylic acids is 1. The van der Waals surface area contributed by atoms with Crippen molar-refractivity contribution in [1.29, 1.82) is 0 Å². The molecule has 0 saturated carbocycles. The van der Waals surface area contributed by atoms with Crippen molar-refractivity contribution in [3.8, 4) is 0 Å². The van der Waals surface area contributed by atoms with Crippen LogP contribution in [0.2, 0.25) is 0 Å². The quantitative estimate of drug-likeness (QED) is 0.822. The van der Waals surface area contributed by atoms with E-state index in [-0.39, 0.29) is 23.1 Å². The lowest BCUT2D eigenvalue weighted by atomic mass is 10.1. The van der Waals surface area contributed by atoms with E-state index in [1.807, 2.05) is 19.1 Å². The summed E-state index contributed by atoms with van der Waals surface area (Å²) < 4.78 is 1.59. The third kappa shape index (κ3) is 2.31. The predicted octanol–water partition coefficient (Wildman–Crippen LogP) is 0.367. The molecule has 1 amide bonds. The Morgan fingerprint density at radius 2 is 2.14 bits per heavy atom. The molecule has 21 heavy (non-hydrogen) atoms. The van der Waals surface area contributed by atoms with Gasteiger partial charge in [-0.2, -0.15) is 5.10 Å². The molecule has 2 aromatic rings. The summed E-state index contributed by atoms with van der Waals surface area (Å²) in [7, 11) is 1.75. The summed E-state index contributed by atoms with van der Waals surface area (Å²) in [4.78, 5) is 26.9. The third-order valence-corrected chi connectivity index (χ3v) is 3.93. The van der Waals surface area contributed by atoms with Crippen LogP contribution >= 0.6 is 0 Å². The van der Waals surface area contributed by atoms with Gasteiger partial charge in [0.2, 0.25) is 5.43 Å². The minimum Gasteiger partial charge on any atom is -0.332 e. The number of rotatable bonds is 1. The summed E-state index contributed by atoms with van der Waals surface area (Å²) in [5.74, 6) is -0.282. The second-order valence-corrected chi connectivity index (χ2v) is 5.37. The summed E-state index contributed by atoms with van der Waals surface area (Å²) >= 11 is 0. The second-order valence-electron chi connectivity index (χ2n) is 5.37. The summed E-state index contributed by atoms with van der Waals surface area (Å²) in [6.45, 7) is 4.04. The normalized spacial score (nSPS) is 19.0. The van der Waals surface area contributed by atoms with Crippen LogP contribution in [0.4, 0.5) is 0 Å². The van der Waals surface area contributed by atoms with Crippen LogP contribution in [0, 0.1) is 0 Å². The van der Waals surface area contributed by atoms with E-state index in [0.717, 1.165) is 18.6 Å². The number of para-hydroxylation sites is 1. The first-order valence-corrected chi connectivity index (χ1v) is 7.07. The molecule has 6 heteroatoms. The van der Waals surface area contributed by atoms with Gasteiger partial charge in [-0.25, -0.2) is 0 Å². The molecule has 0 radical (unpaired) electrons. The highest BCUT2D eigenvalue weighted by atomic mass is 16.2. The van der Waals surface area contributed by atoms with E-state index in [4.69, 9.17) is 0 Å². The van der Waals surface area contributed by atoms with Crippen molar-refractivity contribution >= 4 is 16.8 Å². The van der Waals surface area contributed by atoms with Gasteiger partial charge >= 0.3 is 0 Å². The SMILES string of the molecule is C[C@H]1CNCCN1C(=O)c1nn(C)c2ccccc2c1=O. The summed E-state index contributed by atoms with van der Waals surface area (Å²) in [5.41, 5.74) is 0.441. The Morgan fingerprint density at radius 3 is 2.90 bits per heavy atom. The molecule has 1 atom stereocenters. The largest absolute Gasteiger partial charge is 0.332 e. The number of nitrogens with zero attached hydrogens (tertiary/aromatic N) is 3. The number of aromatic nitrogens is 2. The van der Waals surface area contributed by atoms with Crippen LogP contribution in [0.5, 0.6) is 0 Å². The average Bonchev–Trinajstić information content (AvgIpc) is 2.51. The Kier molecular flexibility index (Phi) is 3.47. The molecule has 1 N–H and O–H groups in total. The van der Waals surface area contributed by atoms with E-state index < -0.39 is 0 Å². The average molecular weight is 286 g/mol. The van der Waals surface area contributed by atoms with Crippen LogP contribution in [-0.4, -0.2) is 46.3 Å². The zero-order valence-corrected chi connectivity index (χ0v) is 12.2. The lowest BCUT2D eigenvalue weighted by molar-refractivity contribution is 0.0646. The maximum Gasteiger partial charge on any atom is 0.278 e. The van der Waals surface area contributed by atoms with Crippen molar-refractivity contribution in [3.63, 3.8) is 0 Å². The minimum atomic E-state index is -0.292. The summed E-state index contributed by atoms with van der Waals surface area (Å²) in [6.07, 6.45) is 0. The molecule has 0 aliphatic carbocycles. The van der Waals surface area contributed by atoms with Crippen molar-refractivity contribution in [1.82, 2.24) is 20.0 Å². The smallest absolute Gasteiger partial charge is 0.278 e. The van der Waals surface area contributed by atoms with Crippen LogP contribution in [0.1, 0.15) is 17.4 Å². The maximum absolute atomic E-state index is 12.6. The van der Waals surface area contributed by atoms with Gasteiger partial charge < -0.3 is 10.2 Å². The highest BCUT2D eigenvalue weighted by Gasteiger charge is 2.27. The van der Waals surface area contributed by atoms with E-state index in [0.29, 0.717) is 11.9 Å². The van der Waals surface area contributed by atoms with Gasteiger partial charge in [-0.05, 0) is 19.1 Å². The van der Waals surface area contributed by atoms with Crippen molar-refractivity contribution in [2.24, 2.45) is 7.05 Å². The minimum absolute atomic E-state index is 0.00458. The number of aryl methyl sites for hydroxylation is 1. The molecule has 1 aliphatic heterocycles. The Hall–Kier alpha value is -2.21. The maximum atomic E-state index is 12.6. The molecule has 0 unspecified atom stereocenters. The Labute approximate surface area is 122 Å². The second kappa shape index (κ2) is 5.29. The summed E-state index contributed by atoms with van der Waals surface area (Å²) in [6, 6.07) is 7.27. The van der Waals surface area contributed by atoms with Crippen LogP contribution < -0.4 is 10.7 Å². The van der Waals surface area contributed by atoms with Crippen LogP contribution in [0.15, 0.2) is 29.1 Å². The van der Waals surface area contributed by atoms with Crippen molar-refractivity contribution < 1.29 is 4.79 Å². The third-order valence-electron chi connectivity index (χ3n) is 3.93. The standard InChI is InChI=1S/C15H18N4O2/c1-10-9-16-7-8-19(10)15(21)13-14(20)11-5-3-4-6-12(11)18(2)17-13/h3-6,10,16H,7-9H2,1-2H3/t10-/m0/s1. The topological polar surface area (TPSA) is 67.2 Å². The van der Waals surface area contributed by atoms with Crippen LogP contribution in [-0.2, 0) is 7.05 Å². The van der Waals surface area contributed by atoms with Gasteiger partial charge in [0.1, 0.15) is 0 Å². The fraction of sp³-hybridized carbons (Fsp3) is 0.400. The zero-order chi connectivity index (χ0) is 15.0. The summed E-state index contributed by atoms with van der Waals surface area (Å²) in [5, 5.41) is 7.96. The van der Waals surface area contributed by atoms with E-state index in [9.17, 15) is 9.59 Å². The van der Waals surface area contributed by atoms with E-state index >= 15 is 0 Å². The van der Waals surface area contributed by atoms with Gasteiger partial charge in [0.15, 0.2) is 5.69 Å². The lowest BCUT2D eigenvalue weighted by Crippen LogP contribution is -2.53. The van der Waals surface area contributed by atoms with Crippen molar-refractivity contribution in [2.75, 3.05) is 19.6 Å². The molecule has 1 aromatic carbocycles. The molecule has 2 heterocycles. The molecule has 110 valence electrons. The van der Waals surface area contributed by atoms with Gasteiger partial charge in [0.05, 0.1) is 5.52 Å². The molecule has 1 aliphatic rings. The van der Waals surface area contributed by atoms with E-state index in [1.54, 1.807) is 28.8 Å². The number of benzene rings is 1. The van der Waals surface area contributed by atoms with Crippen LogP contribution in [0.25, 0.3) is 10.9 Å². The molecule has 3 rings (SSSR count). The Balaban J connectivity index is 2.10. The van der Waals surface area contributed by atoms with Gasteiger partial charge in [-0.3, -0.25) is 14.3 Å². The van der Waals surface area contributed by atoms with Crippen LogP contribution in [0.3, 0.4) is 0 Å². The first-order valence-electron chi connectivity index (χ1n) is 7.07. The van der Waals surface area contributed by atoms with Crippen molar-refractivity contribution in [2.45, 2.75) is 13.0 Å². The highest BCUT2D eigenvalue weighted by molar-refractivity contribution is 5.95. The lowest BCUT2D eigenvalue weighted by Gasteiger charge is -2.33. The molecular weight excluding hydrogens is 268 g/mol. The predicted molar refractivity (Wildman–Crippen MR) is 80.4 cm³/mol. The van der Waals surface area contributed by atoms with E-state index in [2.05, 4.69) is 10.4 Å². The molecule has 1 fully saturated rings. The van der Waals surface area contributed by atoms with Gasteiger partial charge in [0, 0.05) is 38.1 Å². The van der Waals surface area contributed by atoms with E-state index in [1.165, 1.54) is 0 Å². The fourth-order valence-electron chi connectivity index (χ4n) is 2.74. The first kappa shape index (κ1) is 13.8. The molecular formula is C15H18N4O2. The number of amides is 1. The fourth-order valence-corrected chi connectivity index (χ4v) is 2.74. The van der Waals surface area contributed by atoms with Gasteiger partial charge in [-0.15, -0.1) is 0 Å². The van der Waals surface area contributed by atoms with Gasteiger partial charge in [0.25, 0.3) is 5.91 Å². The zero-order valence-electron chi connectivity index (χ0n) is 12.2. The number of nitrogens with one attached hydrogen (secondary N) is 1. The molecule has 0 spiro atoms. The number of hydrogen-bond donors (Lipinski definition) is 1. The number of fused-ring (bicyclic) bond motifs is 1. The first-order chi connectivity index (χ1) is 10.1. The molecule has 1 aromatic heterocycles. The van der Waals surface area contributed by atoms with Gasteiger partial charge in [-0.1, -0.05) is 12.1 Å². The highest BCUT2D eigenvalue weighted by Crippen LogP contribution is 2.11. The monoisotopic (exact) mass is 286 g/mol. The number of hydrogen-bond acceptors (Lipinski definition) is 4. The Morgan fingerprint density at radius 1 is 1.38 bits per heavy atom. The molecule has 1 saturated heterocycles. The Bertz CT molecular complexity index is 753. The molecule has 6 nitrogen and oxygen atoms in total. The number of carbonyl (C=O) groups is 1. The van der Waals surface area contributed by atoms with Crippen molar-refractivity contribution in [3.05, 3.63) is 40.2 Å².